The molecule has 0 unspecified atom stereocenters. The summed E-state index contributed by atoms with van der Waals surface area (Å²) in [4.78, 5) is 40.1. The molecule has 0 spiro atoms. The molecule has 0 fully saturated rings. The van der Waals surface area contributed by atoms with Crippen LogP contribution in [-0.2, 0) is 13.0 Å². The normalized spacial score (nSPS) is 12.7. The number of fused-ring (bicyclic) bond motifs is 1. The lowest BCUT2D eigenvalue weighted by Gasteiger charge is -2.26. The van der Waals surface area contributed by atoms with Crippen LogP contribution in [0.5, 0.6) is 5.75 Å². The van der Waals surface area contributed by atoms with Crippen LogP contribution in [0.3, 0.4) is 0 Å². The Morgan fingerprint density at radius 2 is 2.03 bits per heavy atom. The Balaban J connectivity index is 1.33. The summed E-state index contributed by atoms with van der Waals surface area (Å²) in [5, 5.41) is 6.18. The zero-order valence-corrected chi connectivity index (χ0v) is 18.5. The number of anilines is 2. The third-order valence-electron chi connectivity index (χ3n) is 4.91. The summed E-state index contributed by atoms with van der Waals surface area (Å²) < 4.78 is 5.65. The molecule has 32 heavy (non-hydrogen) atoms. The number of thiazole rings is 1. The van der Waals surface area contributed by atoms with Crippen molar-refractivity contribution in [3.8, 4) is 5.75 Å². The smallest absolute Gasteiger partial charge is 0.322 e. The van der Waals surface area contributed by atoms with Gasteiger partial charge >= 0.3 is 6.03 Å². The molecule has 0 saturated heterocycles. The number of rotatable bonds is 7. The number of amides is 3. The van der Waals surface area contributed by atoms with Crippen LogP contribution in [0.15, 0.2) is 42.9 Å². The molecule has 1 aliphatic heterocycles. The lowest BCUT2D eigenvalue weighted by molar-refractivity contribution is 0.102. The molecule has 166 valence electrons. The number of unbranched alkanes of at least 4 members (excludes halogenated alkanes) is 1. The van der Waals surface area contributed by atoms with Gasteiger partial charge < -0.3 is 15.0 Å². The van der Waals surface area contributed by atoms with Gasteiger partial charge in [0.15, 0.2) is 5.13 Å². The average molecular weight is 453 g/mol. The van der Waals surface area contributed by atoms with E-state index in [0.29, 0.717) is 36.9 Å². The molecule has 3 aromatic rings. The van der Waals surface area contributed by atoms with Crippen LogP contribution in [0.25, 0.3) is 0 Å². The van der Waals surface area contributed by atoms with Crippen LogP contribution >= 0.6 is 11.3 Å². The molecule has 2 aromatic heterocycles. The van der Waals surface area contributed by atoms with Gasteiger partial charge in [0.25, 0.3) is 5.91 Å². The van der Waals surface area contributed by atoms with Gasteiger partial charge in [-0.3, -0.25) is 15.1 Å². The number of hydrogen-bond acceptors (Lipinski definition) is 7. The van der Waals surface area contributed by atoms with Crippen molar-refractivity contribution in [2.24, 2.45) is 0 Å². The van der Waals surface area contributed by atoms with E-state index < -0.39 is 0 Å². The van der Waals surface area contributed by atoms with Crippen molar-refractivity contribution in [2.75, 3.05) is 23.8 Å². The molecule has 1 aromatic carbocycles. The monoisotopic (exact) mass is 452 g/mol. The van der Waals surface area contributed by atoms with E-state index in [0.717, 1.165) is 29.2 Å². The summed E-state index contributed by atoms with van der Waals surface area (Å²) in [5.41, 5.74) is 1.84. The number of carbonyl (C=O) groups excluding carboxylic acids is 2. The maximum absolute atomic E-state index is 12.7. The Kier molecular flexibility index (Phi) is 6.90. The highest BCUT2D eigenvalue weighted by Crippen LogP contribution is 2.29. The van der Waals surface area contributed by atoms with Crippen LogP contribution in [0, 0.1) is 0 Å². The van der Waals surface area contributed by atoms with Gasteiger partial charge in [-0.15, -0.1) is 0 Å². The Morgan fingerprint density at radius 3 is 2.78 bits per heavy atom. The van der Waals surface area contributed by atoms with E-state index in [2.05, 4.69) is 32.5 Å². The number of urea groups is 1. The molecule has 10 heteroatoms. The minimum atomic E-state index is -0.360. The van der Waals surface area contributed by atoms with Crippen LogP contribution in [0.4, 0.5) is 15.6 Å². The predicted octanol–water partition coefficient (Wildman–Crippen LogP) is 3.95. The Morgan fingerprint density at radius 1 is 1.19 bits per heavy atom. The molecule has 0 aliphatic carbocycles. The predicted molar refractivity (Wildman–Crippen MR) is 122 cm³/mol. The first-order chi connectivity index (χ1) is 15.6. The van der Waals surface area contributed by atoms with Crippen molar-refractivity contribution in [3.63, 3.8) is 0 Å². The number of carbonyl (C=O) groups is 2. The third kappa shape index (κ3) is 5.38. The zero-order chi connectivity index (χ0) is 22.3. The highest BCUT2D eigenvalue weighted by molar-refractivity contribution is 7.15. The molecular weight excluding hydrogens is 428 g/mol. The van der Waals surface area contributed by atoms with Crippen LogP contribution in [0.2, 0.25) is 0 Å². The maximum Gasteiger partial charge on any atom is 0.322 e. The number of benzene rings is 1. The van der Waals surface area contributed by atoms with E-state index >= 15 is 0 Å². The lowest BCUT2D eigenvalue weighted by Crippen LogP contribution is -2.38. The van der Waals surface area contributed by atoms with Crippen molar-refractivity contribution < 1.29 is 14.3 Å². The molecule has 1 aliphatic rings. The average Bonchev–Trinajstić information content (AvgIpc) is 3.22. The SMILES string of the molecule is CCCCOc1ccc(NC(=O)N2CCc3nc(NC(=O)c4cnccn4)sc3C2)cc1. The summed E-state index contributed by atoms with van der Waals surface area (Å²) in [5.74, 6) is 0.431. The van der Waals surface area contributed by atoms with E-state index in [1.54, 1.807) is 4.90 Å². The molecule has 2 N–H and O–H groups in total. The van der Waals surface area contributed by atoms with Gasteiger partial charge in [0.05, 0.1) is 25.0 Å². The Bertz CT molecular complexity index is 1070. The summed E-state index contributed by atoms with van der Waals surface area (Å²) in [7, 11) is 0. The van der Waals surface area contributed by atoms with Gasteiger partial charge in [-0.2, -0.15) is 0 Å². The van der Waals surface area contributed by atoms with E-state index in [1.165, 1.54) is 29.9 Å². The summed E-state index contributed by atoms with van der Waals surface area (Å²) in [6.07, 6.45) is 7.10. The number of ether oxygens (including phenoxy) is 1. The quantitative estimate of drug-likeness (QED) is 0.525. The van der Waals surface area contributed by atoms with Crippen molar-refractivity contribution in [1.29, 1.82) is 0 Å². The second kappa shape index (κ2) is 10.2. The Labute approximate surface area is 189 Å². The van der Waals surface area contributed by atoms with Gasteiger partial charge in [0, 0.05) is 35.9 Å². The first-order valence-electron chi connectivity index (χ1n) is 10.5. The number of aromatic nitrogens is 3. The minimum Gasteiger partial charge on any atom is -0.494 e. The fraction of sp³-hybridized carbons (Fsp3) is 0.318. The lowest BCUT2D eigenvalue weighted by atomic mass is 10.2. The fourth-order valence-corrected chi connectivity index (χ4v) is 4.19. The molecule has 0 bridgehead atoms. The standard InChI is InChI=1S/C22H24N6O3S/c1-2-3-12-31-16-6-4-15(5-7-16)25-22(30)28-11-8-17-19(14-28)32-21(26-17)27-20(29)18-13-23-9-10-24-18/h4-7,9-10,13H,2-3,8,11-12,14H2,1H3,(H,25,30)(H,26,27,29). The molecule has 0 atom stereocenters. The maximum atomic E-state index is 12.7. The van der Waals surface area contributed by atoms with Gasteiger partial charge in [-0.25, -0.2) is 14.8 Å². The number of hydrogen-bond donors (Lipinski definition) is 2. The van der Waals surface area contributed by atoms with E-state index in [9.17, 15) is 9.59 Å². The first kappa shape index (κ1) is 21.7. The topological polar surface area (TPSA) is 109 Å². The fourth-order valence-electron chi connectivity index (χ4n) is 3.17. The van der Waals surface area contributed by atoms with Crippen LogP contribution in [0.1, 0.15) is 40.8 Å². The minimum absolute atomic E-state index is 0.172. The van der Waals surface area contributed by atoms with Crippen molar-refractivity contribution in [3.05, 3.63) is 59.1 Å². The largest absolute Gasteiger partial charge is 0.494 e. The number of nitrogens with zero attached hydrogens (tertiary/aromatic N) is 4. The van der Waals surface area contributed by atoms with Crippen LogP contribution in [-0.4, -0.2) is 44.9 Å². The van der Waals surface area contributed by atoms with E-state index in [-0.39, 0.29) is 17.6 Å². The molecular formula is C22H24N6O3S. The van der Waals surface area contributed by atoms with Gasteiger partial charge in [-0.05, 0) is 30.7 Å². The summed E-state index contributed by atoms with van der Waals surface area (Å²) in [6.45, 7) is 3.80. The molecule has 4 rings (SSSR count). The van der Waals surface area contributed by atoms with E-state index in [4.69, 9.17) is 4.74 Å². The second-order valence-corrected chi connectivity index (χ2v) is 8.35. The Hall–Kier alpha value is -3.53. The summed E-state index contributed by atoms with van der Waals surface area (Å²) >= 11 is 1.37. The van der Waals surface area contributed by atoms with Gasteiger partial charge in [0.1, 0.15) is 11.4 Å². The van der Waals surface area contributed by atoms with Crippen molar-refractivity contribution in [2.45, 2.75) is 32.7 Å². The molecule has 0 radical (unpaired) electrons. The first-order valence-corrected chi connectivity index (χ1v) is 11.3. The van der Waals surface area contributed by atoms with E-state index in [1.807, 2.05) is 24.3 Å². The highest BCUT2D eigenvalue weighted by atomic mass is 32.1. The summed E-state index contributed by atoms with van der Waals surface area (Å²) in [6, 6.07) is 7.21. The molecule has 9 nitrogen and oxygen atoms in total. The van der Waals surface area contributed by atoms with Gasteiger partial charge in [0.2, 0.25) is 0 Å². The third-order valence-corrected chi connectivity index (χ3v) is 5.90. The molecule has 0 saturated carbocycles. The van der Waals surface area contributed by atoms with Gasteiger partial charge in [-0.1, -0.05) is 24.7 Å². The second-order valence-electron chi connectivity index (χ2n) is 7.26. The zero-order valence-electron chi connectivity index (χ0n) is 17.7. The van der Waals surface area contributed by atoms with Crippen LogP contribution < -0.4 is 15.4 Å². The number of nitrogens with one attached hydrogen (secondary N) is 2. The van der Waals surface area contributed by atoms with Crippen molar-refractivity contribution >= 4 is 34.1 Å². The highest BCUT2D eigenvalue weighted by Gasteiger charge is 2.25. The molecule has 3 heterocycles. The van der Waals surface area contributed by atoms with Crippen molar-refractivity contribution in [1.82, 2.24) is 19.9 Å². The molecule has 3 amide bonds.